The molecule has 212 valence electrons. The van der Waals surface area contributed by atoms with Crippen LogP contribution in [0.5, 0.6) is 0 Å². The zero-order valence-electron chi connectivity index (χ0n) is 22.9. The molecule has 4 heterocycles. The molecular weight excluding hydrogens is 540 g/mol. The maximum absolute atomic E-state index is 12.9. The number of rotatable bonds is 7. The van der Waals surface area contributed by atoms with E-state index in [-0.39, 0.29) is 41.9 Å². The number of ether oxygens (including phenoxy) is 2. The van der Waals surface area contributed by atoms with Crippen molar-refractivity contribution in [3.8, 4) is 11.3 Å². The van der Waals surface area contributed by atoms with Crippen molar-refractivity contribution in [3.05, 3.63) is 83.2 Å². The van der Waals surface area contributed by atoms with Gasteiger partial charge in [0.1, 0.15) is 0 Å². The SMILES string of the molecule is COCCN1CCCc2c(-c3ccc4cnc(CNC(=O)c5ccc6c(c5)S(=O)(=O)CCOC6)cc4n3)cccc21. The van der Waals surface area contributed by atoms with Gasteiger partial charge in [-0.3, -0.25) is 9.78 Å². The van der Waals surface area contributed by atoms with Crippen molar-refractivity contribution in [3.63, 3.8) is 0 Å². The van der Waals surface area contributed by atoms with Crippen molar-refractivity contribution in [2.75, 3.05) is 44.1 Å². The third kappa shape index (κ3) is 5.68. The first kappa shape index (κ1) is 27.3. The van der Waals surface area contributed by atoms with Crippen LogP contribution in [-0.2, 0) is 38.9 Å². The molecule has 1 N–H and O–H groups in total. The number of amides is 1. The molecule has 0 fully saturated rings. The number of benzene rings is 2. The lowest BCUT2D eigenvalue weighted by atomic mass is 9.94. The number of nitrogens with zero attached hydrogens (tertiary/aromatic N) is 3. The number of anilines is 1. The summed E-state index contributed by atoms with van der Waals surface area (Å²) in [5.41, 5.74) is 6.88. The zero-order valence-corrected chi connectivity index (χ0v) is 23.7. The number of nitrogens with one attached hydrogen (secondary N) is 1. The molecule has 2 aromatic carbocycles. The number of hydrogen-bond acceptors (Lipinski definition) is 8. The molecule has 2 aliphatic heterocycles. The number of fused-ring (bicyclic) bond motifs is 3. The van der Waals surface area contributed by atoms with Crippen molar-refractivity contribution >= 4 is 32.3 Å². The van der Waals surface area contributed by atoms with Gasteiger partial charge in [0.25, 0.3) is 5.91 Å². The number of sulfone groups is 1. The molecule has 10 heteroatoms. The Kier molecular flexibility index (Phi) is 7.70. The molecule has 0 spiro atoms. The monoisotopic (exact) mass is 572 g/mol. The minimum atomic E-state index is -3.50. The van der Waals surface area contributed by atoms with E-state index >= 15 is 0 Å². The van der Waals surface area contributed by atoms with Gasteiger partial charge in [-0.25, -0.2) is 13.4 Å². The van der Waals surface area contributed by atoms with Gasteiger partial charge in [-0.1, -0.05) is 18.2 Å². The van der Waals surface area contributed by atoms with Gasteiger partial charge in [0.15, 0.2) is 9.84 Å². The van der Waals surface area contributed by atoms with E-state index in [1.807, 2.05) is 18.2 Å². The topological polar surface area (TPSA) is 111 Å². The Labute approximate surface area is 239 Å². The Morgan fingerprint density at radius 3 is 2.93 bits per heavy atom. The summed E-state index contributed by atoms with van der Waals surface area (Å²) >= 11 is 0. The van der Waals surface area contributed by atoms with Gasteiger partial charge in [0.05, 0.1) is 53.9 Å². The molecule has 2 aliphatic rings. The van der Waals surface area contributed by atoms with Crippen LogP contribution in [0.3, 0.4) is 0 Å². The van der Waals surface area contributed by atoms with Crippen LogP contribution < -0.4 is 10.2 Å². The molecule has 41 heavy (non-hydrogen) atoms. The Bertz CT molecular complexity index is 1720. The molecule has 0 bridgehead atoms. The van der Waals surface area contributed by atoms with Crippen molar-refractivity contribution in [1.29, 1.82) is 0 Å². The number of hydrogen-bond donors (Lipinski definition) is 1. The fourth-order valence-electron chi connectivity index (χ4n) is 5.52. The first-order valence-electron chi connectivity index (χ1n) is 13.8. The van der Waals surface area contributed by atoms with Crippen LogP contribution in [0.4, 0.5) is 5.69 Å². The Hall–Kier alpha value is -3.86. The highest BCUT2D eigenvalue weighted by atomic mass is 32.2. The highest BCUT2D eigenvalue weighted by molar-refractivity contribution is 7.91. The van der Waals surface area contributed by atoms with Crippen molar-refractivity contribution in [1.82, 2.24) is 15.3 Å². The molecule has 0 atom stereocenters. The second kappa shape index (κ2) is 11.6. The van der Waals surface area contributed by atoms with Crippen LogP contribution in [0, 0.1) is 0 Å². The van der Waals surface area contributed by atoms with Gasteiger partial charge in [0, 0.05) is 48.6 Å². The highest BCUT2D eigenvalue weighted by Gasteiger charge is 2.24. The van der Waals surface area contributed by atoms with E-state index < -0.39 is 9.84 Å². The minimum Gasteiger partial charge on any atom is -0.383 e. The quantitative estimate of drug-likeness (QED) is 0.355. The lowest BCUT2D eigenvalue weighted by Crippen LogP contribution is -2.32. The zero-order chi connectivity index (χ0) is 28.4. The van der Waals surface area contributed by atoms with Gasteiger partial charge in [-0.15, -0.1) is 0 Å². The summed E-state index contributed by atoms with van der Waals surface area (Å²) in [6, 6.07) is 17.0. The molecule has 0 saturated carbocycles. The molecule has 0 unspecified atom stereocenters. The van der Waals surface area contributed by atoms with E-state index in [1.165, 1.54) is 17.3 Å². The molecule has 1 amide bonds. The molecule has 4 aromatic rings. The Balaban J connectivity index is 1.22. The third-order valence-electron chi connectivity index (χ3n) is 7.67. The molecule has 9 nitrogen and oxygen atoms in total. The van der Waals surface area contributed by atoms with Crippen LogP contribution in [0.15, 0.2) is 65.7 Å². The molecular formula is C31H32N4O5S. The van der Waals surface area contributed by atoms with Crippen molar-refractivity contribution in [2.45, 2.75) is 30.9 Å². The van der Waals surface area contributed by atoms with Gasteiger partial charge in [-0.2, -0.15) is 0 Å². The number of carbonyl (C=O) groups excluding carboxylic acids is 1. The van der Waals surface area contributed by atoms with Crippen LogP contribution >= 0.6 is 0 Å². The normalized spacial score (nSPS) is 16.1. The average molecular weight is 573 g/mol. The van der Waals surface area contributed by atoms with E-state index in [1.54, 1.807) is 25.4 Å². The smallest absolute Gasteiger partial charge is 0.251 e. The van der Waals surface area contributed by atoms with Crippen LogP contribution in [-0.4, -0.2) is 63.5 Å². The van der Waals surface area contributed by atoms with Crippen LogP contribution in [0.1, 0.15) is 33.6 Å². The number of aromatic nitrogens is 2. The summed E-state index contributed by atoms with van der Waals surface area (Å²) in [5.74, 6) is -0.468. The van der Waals surface area contributed by atoms with Gasteiger partial charge < -0.3 is 19.7 Å². The predicted octanol–water partition coefficient (Wildman–Crippen LogP) is 3.93. The lowest BCUT2D eigenvalue weighted by Gasteiger charge is -2.32. The van der Waals surface area contributed by atoms with Crippen LogP contribution in [0.2, 0.25) is 0 Å². The standard InChI is InChI=1S/C31H32N4O5S/c1-39-13-12-35-11-3-5-26-25(4-2-6-29(26)35)27-10-9-22-18-32-24(17-28(22)34-27)19-33-31(36)21-7-8-23-20-40-14-15-41(37,38)30(23)16-21/h2,4,6-10,16-18H,3,5,11-15,19-20H2,1H3,(H,33,36). The maximum Gasteiger partial charge on any atom is 0.251 e. The Morgan fingerprint density at radius 1 is 1.15 bits per heavy atom. The Morgan fingerprint density at radius 2 is 2.05 bits per heavy atom. The summed E-state index contributed by atoms with van der Waals surface area (Å²) in [4.78, 5) is 25.0. The summed E-state index contributed by atoms with van der Waals surface area (Å²) in [6.07, 6.45) is 3.84. The first-order chi connectivity index (χ1) is 19.9. The summed E-state index contributed by atoms with van der Waals surface area (Å²) in [6.45, 7) is 3.09. The largest absolute Gasteiger partial charge is 0.383 e. The van der Waals surface area contributed by atoms with E-state index in [9.17, 15) is 13.2 Å². The van der Waals surface area contributed by atoms with Crippen molar-refractivity contribution in [2.24, 2.45) is 0 Å². The first-order valence-corrected chi connectivity index (χ1v) is 15.4. The summed E-state index contributed by atoms with van der Waals surface area (Å²) < 4.78 is 35.9. The molecule has 2 aromatic heterocycles. The molecule has 0 radical (unpaired) electrons. The number of pyridine rings is 2. The fraction of sp³-hybridized carbons (Fsp3) is 0.323. The highest BCUT2D eigenvalue weighted by Crippen LogP contribution is 2.35. The van der Waals surface area contributed by atoms with Crippen molar-refractivity contribution < 1.29 is 22.7 Å². The van der Waals surface area contributed by atoms with E-state index in [0.29, 0.717) is 17.9 Å². The second-order valence-corrected chi connectivity index (χ2v) is 12.4. The summed E-state index contributed by atoms with van der Waals surface area (Å²) in [7, 11) is -1.77. The van der Waals surface area contributed by atoms with E-state index in [4.69, 9.17) is 14.5 Å². The van der Waals surface area contributed by atoms with Gasteiger partial charge in [-0.05, 0) is 60.4 Å². The molecule has 6 rings (SSSR count). The fourth-order valence-corrected chi connectivity index (χ4v) is 6.91. The molecule has 0 saturated heterocycles. The minimum absolute atomic E-state index is 0.0983. The second-order valence-electron chi connectivity index (χ2n) is 10.3. The van der Waals surface area contributed by atoms with E-state index in [2.05, 4.69) is 33.4 Å². The molecule has 0 aliphatic carbocycles. The lowest BCUT2D eigenvalue weighted by molar-refractivity contribution is 0.0950. The average Bonchev–Trinajstić information content (AvgIpc) is 3.15. The predicted molar refractivity (Wildman–Crippen MR) is 157 cm³/mol. The maximum atomic E-state index is 12.9. The van der Waals surface area contributed by atoms with Gasteiger partial charge >= 0.3 is 0 Å². The summed E-state index contributed by atoms with van der Waals surface area (Å²) in [5, 5.41) is 3.78. The van der Waals surface area contributed by atoms with E-state index in [0.717, 1.165) is 48.1 Å². The van der Waals surface area contributed by atoms with Crippen LogP contribution in [0.25, 0.3) is 22.2 Å². The number of methoxy groups -OCH3 is 1. The third-order valence-corrected chi connectivity index (χ3v) is 9.42. The van der Waals surface area contributed by atoms with Gasteiger partial charge in [0.2, 0.25) is 0 Å². The number of carbonyl (C=O) groups is 1.